The smallest absolute Gasteiger partial charge is 0.0795 e. The Morgan fingerprint density at radius 1 is 1.47 bits per heavy atom. The minimum atomic E-state index is 0.243. The number of hydrogen-bond donors (Lipinski definition) is 1. The second-order valence-corrected chi connectivity index (χ2v) is 5.92. The lowest BCUT2D eigenvalue weighted by Crippen LogP contribution is -2.24. The summed E-state index contributed by atoms with van der Waals surface area (Å²) in [6.07, 6.45) is 1.83. The maximum Gasteiger partial charge on any atom is 0.0795 e. The molecule has 2 rings (SSSR count). The van der Waals surface area contributed by atoms with Gasteiger partial charge in [0.1, 0.15) is 0 Å². The van der Waals surface area contributed by atoms with E-state index in [1.165, 1.54) is 5.69 Å². The van der Waals surface area contributed by atoms with E-state index in [0.717, 1.165) is 35.2 Å². The molecule has 0 spiro atoms. The van der Waals surface area contributed by atoms with E-state index in [9.17, 15) is 0 Å². The molecule has 4 nitrogen and oxygen atoms in total. The molecule has 0 aromatic carbocycles. The van der Waals surface area contributed by atoms with Gasteiger partial charge in [0, 0.05) is 18.8 Å². The zero-order valence-corrected chi connectivity index (χ0v) is 13.9. The van der Waals surface area contributed by atoms with Crippen LogP contribution in [0.5, 0.6) is 0 Å². The fourth-order valence-electron chi connectivity index (χ4n) is 2.16. The van der Waals surface area contributed by atoms with E-state index in [1.807, 2.05) is 17.2 Å². The summed E-state index contributed by atoms with van der Waals surface area (Å²) in [5, 5.41) is 10.2. The van der Waals surface area contributed by atoms with Gasteiger partial charge in [-0.05, 0) is 28.9 Å². The molecule has 0 radical (unpaired) electrons. The Bertz CT molecular complexity index is 521. The summed E-state index contributed by atoms with van der Waals surface area (Å²) >= 11 is 5.31. The molecule has 0 aliphatic carbocycles. The molecule has 0 fully saturated rings. The zero-order valence-electron chi connectivity index (χ0n) is 11.5. The van der Waals surface area contributed by atoms with E-state index < -0.39 is 0 Å². The van der Waals surface area contributed by atoms with Gasteiger partial charge in [0.15, 0.2) is 0 Å². The predicted molar refractivity (Wildman–Crippen MR) is 82.5 cm³/mol. The molecular formula is C13H19BrN4S. The minimum Gasteiger partial charge on any atom is -0.309 e. The Morgan fingerprint density at radius 2 is 2.26 bits per heavy atom. The van der Waals surface area contributed by atoms with Gasteiger partial charge in [-0.2, -0.15) is 5.10 Å². The third-order valence-electron chi connectivity index (χ3n) is 3.16. The van der Waals surface area contributed by atoms with E-state index in [2.05, 4.69) is 50.6 Å². The first-order valence-corrected chi connectivity index (χ1v) is 8.22. The number of rotatable bonds is 6. The van der Waals surface area contributed by atoms with Crippen LogP contribution in [0, 0.1) is 0 Å². The first kappa shape index (κ1) is 14.7. The molecule has 0 aliphatic heterocycles. The normalized spacial score (nSPS) is 12.8. The molecule has 0 bridgehead atoms. The Labute approximate surface area is 126 Å². The van der Waals surface area contributed by atoms with Crippen LogP contribution >= 0.6 is 27.3 Å². The average molecular weight is 343 g/mol. The number of aryl methyl sites for hydroxylation is 2. The van der Waals surface area contributed by atoms with Crippen LogP contribution in [0.25, 0.3) is 0 Å². The van der Waals surface area contributed by atoms with Gasteiger partial charge >= 0.3 is 0 Å². The quantitative estimate of drug-likeness (QED) is 0.876. The number of hydrogen-bond acceptors (Lipinski definition) is 4. The summed E-state index contributed by atoms with van der Waals surface area (Å²) in [7, 11) is 2.00. The van der Waals surface area contributed by atoms with Crippen LogP contribution in [0.3, 0.4) is 0 Å². The second-order valence-electron chi connectivity index (χ2n) is 4.41. The van der Waals surface area contributed by atoms with Crippen molar-refractivity contribution in [3.05, 3.63) is 32.4 Å². The molecule has 1 N–H and O–H groups in total. The largest absolute Gasteiger partial charge is 0.309 e. The molecule has 19 heavy (non-hydrogen) atoms. The van der Waals surface area contributed by atoms with Gasteiger partial charge < -0.3 is 5.32 Å². The van der Waals surface area contributed by atoms with Crippen molar-refractivity contribution in [3.63, 3.8) is 0 Å². The second kappa shape index (κ2) is 6.63. The van der Waals surface area contributed by atoms with E-state index in [1.54, 1.807) is 11.3 Å². The van der Waals surface area contributed by atoms with Gasteiger partial charge in [0.25, 0.3) is 0 Å². The molecule has 0 amide bonds. The number of likely N-dealkylation sites (N-methyl/N-ethyl adjacent to an activating group) is 1. The third-order valence-corrected chi connectivity index (χ3v) is 4.68. The Kier molecular flexibility index (Phi) is 5.13. The first-order valence-electron chi connectivity index (χ1n) is 6.49. The SMILES string of the molecule is CCNC(Cc1c(Br)c(CC)nn1C)c1cscn1. The third kappa shape index (κ3) is 3.24. The molecular weight excluding hydrogens is 324 g/mol. The zero-order chi connectivity index (χ0) is 13.8. The standard InChI is InChI=1S/C13H19BrN4S/c1-4-9-13(14)12(18(3)17-9)6-10(15-5-2)11-7-19-8-16-11/h7-8,10,15H,4-6H2,1-3H3. The molecule has 6 heteroatoms. The van der Waals surface area contributed by atoms with E-state index in [-0.39, 0.29) is 6.04 Å². The van der Waals surface area contributed by atoms with Gasteiger partial charge in [-0.15, -0.1) is 11.3 Å². The van der Waals surface area contributed by atoms with Gasteiger partial charge in [-0.25, -0.2) is 4.98 Å². The highest BCUT2D eigenvalue weighted by molar-refractivity contribution is 9.10. The van der Waals surface area contributed by atoms with Gasteiger partial charge in [-0.1, -0.05) is 13.8 Å². The molecule has 1 unspecified atom stereocenters. The monoisotopic (exact) mass is 342 g/mol. The highest BCUT2D eigenvalue weighted by Gasteiger charge is 2.19. The molecule has 2 aromatic rings. The summed E-state index contributed by atoms with van der Waals surface area (Å²) in [5.41, 5.74) is 5.33. The first-order chi connectivity index (χ1) is 9.17. The van der Waals surface area contributed by atoms with Crippen LogP contribution in [0.2, 0.25) is 0 Å². The molecule has 0 saturated carbocycles. The van der Waals surface area contributed by atoms with Crippen molar-refractivity contribution in [1.82, 2.24) is 20.1 Å². The summed E-state index contributed by atoms with van der Waals surface area (Å²) in [6, 6.07) is 0.243. The van der Waals surface area contributed by atoms with E-state index in [4.69, 9.17) is 0 Å². The lowest BCUT2D eigenvalue weighted by molar-refractivity contribution is 0.518. The van der Waals surface area contributed by atoms with Crippen LogP contribution in [0.1, 0.15) is 37.0 Å². The van der Waals surface area contributed by atoms with Gasteiger partial charge in [0.05, 0.1) is 33.1 Å². The number of thiazole rings is 1. The van der Waals surface area contributed by atoms with Crippen LogP contribution in [-0.2, 0) is 19.9 Å². The number of nitrogens with zero attached hydrogens (tertiary/aromatic N) is 3. The average Bonchev–Trinajstić information content (AvgIpc) is 3.01. The molecule has 2 aromatic heterocycles. The Hall–Kier alpha value is -0.720. The van der Waals surface area contributed by atoms with Crippen LogP contribution < -0.4 is 5.32 Å². The maximum absolute atomic E-state index is 4.55. The van der Waals surface area contributed by atoms with E-state index in [0.29, 0.717) is 0 Å². The Morgan fingerprint density at radius 3 is 2.79 bits per heavy atom. The molecule has 2 heterocycles. The predicted octanol–water partition coefficient (Wildman–Crippen LogP) is 3.09. The Balaban J connectivity index is 2.24. The minimum absolute atomic E-state index is 0.243. The van der Waals surface area contributed by atoms with Gasteiger partial charge in [0.2, 0.25) is 0 Å². The molecule has 0 saturated heterocycles. The van der Waals surface area contributed by atoms with Crippen LogP contribution in [0.4, 0.5) is 0 Å². The number of aromatic nitrogens is 3. The highest BCUT2D eigenvalue weighted by Crippen LogP contribution is 2.26. The van der Waals surface area contributed by atoms with E-state index >= 15 is 0 Å². The topological polar surface area (TPSA) is 42.7 Å². The van der Waals surface area contributed by atoms with Crippen molar-refractivity contribution < 1.29 is 0 Å². The van der Waals surface area contributed by atoms with Crippen molar-refractivity contribution in [1.29, 1.82) is 0 Å². The van der Waals surface area contributed by atoms with Crippen molar-refractivity contribution in [2.75, 3.05) is 6.54 Å². The van der Waals surface area contributed by atoms with Crippen molar-refractivity contribution in [2.45, 2.75) is 32.7 Å². The van der Waals surface area contributed by atoms with Crippen molar-refractivity contribution >= 4 is 27.3 Å². The lowest BCUT2D eigenvalue weighted by atomic mass is 10.1. The highest BCUT2D eigenvalue weighted by atomic mass is 79.9. The van der Waals surface area contributed by atoms with Crippen LogP contribution in [-0.4, -0.2) is 21.3 Å². The lowest BCUT2D eigenvalue weighted by Gasteiger charge is -2.16. The van der Waals surface area contributed by atoms with Gasteiger partial charge in [-0.3, -0.25) is 4.68 Å². The van der Waals surface area contributed by atoms with Crippen LogP contribution in [0.15, 0.2) is 15.4 Å². The summed E-state index contributed by atoms with van der Waals surface area (Å²) in [4.78, 5) is 4.43. The fraction of sp³-hybridized carbons (Fsp3) is 0.538. The molecule has 1 atom stereocenters. The maximum atomic E-state index is 4.55. The summed E-state index contributed by atoms with van der Waals surface area (Å²) in [5.74, 6) is 0. The van der Waals surface area contributed by atoms with Crippen molar-refractivity contribution in [2.24, 2.45) is 7.05 Å². The molecule has 104 valence electrons. The number of halogens is 1. The molecule has 0 aliphatic rings. The summed E-state index contributed by atoms with van der Waals surface area (Å²) < 4.78 is 3.11. The summed E-state index contributed by atoms with van der Waals surface area (Å²) in [6.45, 7) is 5.17. The van der Waals surface area contributed by atoms with Crippen molar-refractivity contribution in [3.8, 4) is 0 Å². The number of nitrogens with one attached hydrogen (secondary N) is 1. The fourth-order valence-corrected chi connectivity index (χ4v) is 3.54.